The number of benzene rings is 2. The first-order chi connectivity index (χ1) is 11.2. The third-order valence-corrected chi connectivity index (χ3v) is 5.44. The minimum absolute atomic E-state index is 0.467. The first-order valence-electron chi connectivity index (χ1n) is 8.19. The van der Waals surface area contributed by atoms with E-state index in [0.717, 1.165) is 16.8 Å². The Morgan fingerprint density at radius 3 is 2.52 bits per heavy atom. The van der Waals surface area contributed by atoms with Crippen LogP contribution in [0.4, 0.5) is 11.4 Å². The highest BCUT2D eigenvalue weighted by Crippen LogP contribution is 2.30. The molecule has 2 aromatic rings. The summed E-state index contributed by atoms with van der Waals surface area (Å²) in [5, 5.41) is 9.11. The Bertz CT molecular complexity index is 664. The zero-order valence-electron chi connectivity index (χ0n) is 13.2. The van der Waals surface area contributed by atoms with E-state index in [1.54, 1.807) is 0 Å². The summed E-state index contributed by atoms with van der Waals surface area (Å²) in [6, 6.07) is 15.6. The SMILES string of the molecule is N=C(c1ccccc1)c1cc(NSC2CCCCC2)ccc1N. The van der Waals surface area contributed by atoms with E-state index >= 15 is 0 Å². The number of nitrogens with two attached hydrogens (primary N) is 1. The first-order valence-corrected chi connectivity index (χ1v) is 9.07. The van der Waals surface area contributed by atoms with Gasteiger partial charge in [-0.1, -0.05) is 49.6 Å². The minimum Gasteiger partial charge on any atom is -0.398 e. The van der Waals surface area contributed by atoms with E-state index < -0.39 is 0 Å². The molecule has 4 N–H and O–H groups in total. The summed E-state index contributed by atoms with van der Waals surface area (Å²) in [6.07, 6.45) is 6.63. The highest BCUT2D eigenvalue weighted by Gasteiger charge is 2.14. The van der Waals surface area contributed by atoms with E-state index in [2.05, 4.69) is 4.72 Å². The Labute approximate surface area is 142 Å². The number of hydrogen-bond donors (Lipinski definition) is 3. The third kappa shape index (κ3) is 4.08. The van der Waals surface area contributed by atoms with Crippen molar-refractivity contribution in [1.29, 1.82) is 5.41 Å². The van der Waals surface area contributed by atoms with Gasteiger partial charge < -0.3 is 10.5 Å². The summed E-state index contributed by atoms with van der Waals surface area (Å²) < 4.78 is 3.45. The molecule has 1 aliphatic carbocycles. The van der Waals surface area contributed by atoms with Gasteiger partial charge in [-0.05, 0) is 43.0 Å². The summed E-state index contributed by atoms with van der Waals surface area (Å²) >= 11 is 1.81. The van der Waals surface area contributed by atoms with Gasteiger partial charge in [0.2, 0.25) is 0 Å². The van der Waals surface area contributed by atoms with Crippen LogP contribution in [0.5, 0.6) is 0 Å². The fourth-order valence-electron chi connectivity index (χ4n) is 2.93. The summed E-state index contributed by atoms with van der Waals surface area (Å²) in [6.45, 7) is 0. The van der Waals surface area contributed by atoms with Crippen LogP contribution < -0.4 is 10.5 Å². The van der Waals surface area contributed by atoms with Crippen molar-refractivity contribution in [3.63, 3.8) is 0 Å². The molecule has 3 rings (SSSR count). The number of anilines is 2. The van der Waals surface area contributed by atoms with E-state index in [-0.39, 0.29) is 0 Å². The van der Waals surface area contributed by atoms with Gasteiger partial charge in [-0.2, -0.15) is 0 Å². The highest BCUT2D eigenvalue weighted by atomic mass is 32.2. The summed E-state index contributed by atoms with van der Waals surface area (Å²) in [5.41, 5.74) is 9.89. The Kier molecular flexibility index (Phi) is 5.23. The van der Waals surface area contributed by atoms with Crippen LogP contribution in [0.25, 0.3) is 0 Å². The predicted octanol–water partition coefficient (Wildman–Crippen LogP) is 5.08. The molecule has 0 bridgehead atoms. The molecule has 1 fully saturated rings. The molecule has 23 heavy (non-hydrogen) atoms. The van der Waals surface area contributed by atoms with Crippen molar-refractivity contribution >= 4 is 29.0 Å². The van der Waals surface area contributed by atoms with Gasteiger partial charge in [0.15, 0.2) is 0 Å². The Balaban J connectivity index is 1.72. The first kappa shape index (κ1) is 15.9. The number of rotatable bonds is 5. The monoisotopic (exact) mass is 325 g/mol. The maximum Gasteiger partial charge on any atom is 0.0705 e. The minimum atomic E-state index is 0.467. The van der Waals surface area contributed by atoms with Crippen LogP contribution in [-0.4, -0.2) is 11.0 Å². The smallest absolute Gasteiger partial charge is 0.0705 e. The summed E-state index contributed by atoms with van der Waals surface area (Å²) in [4.78, 5) is 0. The lowest BCUT2D eigenvalue weighted by atomic mass is 10.0. The van der Waals surface area contributed by atoms with E-state index in [4.69, 9.17) is 11.1 Å². The summed E-state index contributed by atoms with van der Waals surface area (Å²) in [5.74, 6) is 0. The van der Waals surface area contributed by atoms with Crippen LogP contribution in [0.2, 0.25) is 0 Å². The molecular weight excluding hydrogens is 302 g/mol. The fraction of sp³-hybridized carbons (Fsp3) is 0.316. The molecular formula is C19H23N3S. The van der Waals surface area contributed by atoms with Crippen LogP contribution in [0.3, 0.4) is 0 Å². The number of hydrogen-bond acceptors (Lipinski definition) is 4. The van der Waals surface area contributed by atoms with Gasteiger partial charge in [0.05, 0.1) is 5.71 Å². The molecule has 0 radical (unpaired) electrons. The van der Waals surface area contributed by atoms with Crippen LogP contribution in [0, 0.1) is 5.41 Å². The lowest BCUT2D eigenvalue weighted by Crippen LogP contribution is -2.11. The molecule has 0 heterocycles. The van der Waals surface area contributed by atoms with Crippen molar-refractivity contribution in [1.82, 2.24) is 0 Å². The molecule has 4 heteroatoms. The second-order valence-electron chi connectivity index (χ2n) is 6.02. The van der Waals surface area contributed by atoms with Crippen LogP contribution in [0.15, 0.2) is 48.5 Å². The lowest BCUT2D eigenvalue weighted by Gasteiger charge is -2.21. The number of nitrogen functional groups attached to an aromatic ring is 1. The van der Waals surface area contributed by atoms with Gasteiger partial charge >= 0.3 is 0 Å². The molecule has 0 saturated heterocycles. The van der Waals surface area contributed by atoms with Gasteiger partial charge in [0.1, 0.15) is 0 Å². The van der Waals surface area contributed by atoms with Gasteiger partial charge in [-0.25, -0.2) is 0 Å². The molecule has 0 amide bonds. The maximum atomic E-state index is 8.42. The zero-order chi connectivity index (χ0) is 16.1. The van der Waals surface area contributed by atoms with Crippen molar-refractivity contribution in [3.05, 3.63) is 59.7 Å². The average Bonchev–Trinajstić information content (AvgIpc) is 2.62. The van der Waals surface area contributed by atoms with Gasteiger partial charge in [0, 0.05) is 27.8 Å². The molecule has 120 valence electrons. The zero-order valence-corrected chi connectivity index (χ0v) is 14.0. The van der Waals surface area contributed by atoms with E-state index in [1.165, 1.54) is 32.1 Å². The van der Waals surface area contributed by atoms with E-state index in [0.29, 0.717) is 16.6 Å². The molecule has 1 aliphatic rings. The molecule has 0 aromatic heterocycles. The molecule has 3 nitrogen and oxygen atoms in total. The van der Waals surface area contributed by atoms with Gasteiger partial charge in [0.25, 0.3) is 0 Å². The van der Waals surface area contributed by atoms with Gasteiger partial charge in [-0.3, -0.25) is 5.41 Å². The summed E-state index contributed by atoms with van der Waals surface area (Å²) in [7, 11) is 0. The Morgan fingerprint density at radius 2 is 1.78 bits per heavy atom. The quantitative estimate of drug-likeness (QED) is 0.408. The topological polar surface area (TPSA) is 61.9 Å². The van der Waals surface area contributed by atoms with Crippen molar-refractivity contribution in [2.75, 3.05) is 10.5 Å². The second-order valence-corrected chi connectivity index (χ2v) is 7.13. The molecule has 0 atom stereocenters. The van der Waals surface area contributed by atoms with Crippen LogP contribution in [0.1, 0.15) is 43.2 Å². The van der Waals surface area contributed by atoms with E-state index in [1.807, 2.05) is 60.5 Å². The van der Waals surface area contributed by atoms with Crippen LogP contribution in [-0.2, 0) is 0 Å². The standard InChI is InChI=1S/C19H23N3S/c20-18-12-11-15(22-23-16-9-5-2-6-10-16)13-17(18)19(21)14-7-3-1-4-8-14/h1,3-4,7-8,11-13,16,21-22H,2,5-6,9-10,20H2. The lowest BCUT2D eigenvalue weighted by molar-refractivity contribution is 0.516. The average molecular weight is 325 g/mol. The third-order valence-electron chi connectivity index (χ3n) is 4.28. The molecule has 0 spiro atoms. The fourth-order valence-corrected chi connectivity index (χ4v) is 3.93. The highest BCUT2D eigenvalue weighted by molar-refractivity contribution is 8.01. The van der Waals surface area contributed by atoms with Gasteiger partial charge in [-0.15, -0.1) is 0 Å². The molecule has 0 aliphatic heterocycles. The molecule has 1 saturated carbocycles. The number of nitrogens with one attached hydrogen (secondary N) is 2. The largest absolute Gasteiger partial charge is 0.398 e. The van der Waals surface area contributed by atoms with Crippen molar-refractivity contribution in [2.45, 2.75) is 37.4 Å². The van der Waals surface area contributed by atoms with Crippen molar-refractivity contribution in [3.8, 4) is 0 Å². The predicted molar refractivity (Wildman–Crippen MR) is 101 cm³/mol. The van der Waals surface area contributed by atoms with Crippen molar-refractivity contribution in [2.24, 2.45) is 0 Å². The molecule has 2 aromatic carbocycles. The van der Waals surface area contributed by atoms with Crippen molar-refractivity contribution < 1.29 is 0 Å². The second kappa shape index (κ2) is 7.55. The maximum absolute atomic E-state index is 8.42. The Morgan fingerprint density at radius 1 is 1.04 bits per heavy atom. The molecule has 0 unspecified atom stereocenters. The normalized spacial score (nSPS) is 15.3. The van der Waals surface area contributed by atoms with Crippen LogP contribution >= 0.6 is 11.9 Å². The Hall–Kier alpha value is -1.94. The van der Waals surface area contributed by atoms with E-state index in [9.17, 15) is 0 Å².